The lowest BCUT2D eigenvalue weighted by atomic mass is 9.99. The number of nitrogens with zero attached hydrogens (tertiary/aromatic N) is 1. The number of hydrogen-bond donors (Lipinski definition) is 3. The number of non-ortho nitro benzene ring substituents is 1. The fourth-order valence-corrected chi connectivity index (χ4v) is 2.95. The van der Waals surface area contributed by atoms with Gasteiger partial charge in [0.05, 0.1) is 17.1 Å². The second kappa shape index (κ2) is 9.33. The SMILES string of the molecule is CC(=C=CC[C@@H](O)c1cc(C)c(O)c(C)c1)C[C@@H](O)c1ccc([N+](=O)[O-])cc1. The average molecular weight is 383 g/mol. The molecule has 6 nitrogen and oxygen atoms in total. The Hall–Kier alpha value is -2.92. The first-order chi connectivity index (χ1) is 13.2. The Morgan fingerprint density at radius 2 is 1.68 bits per heavy atom. The lowest BCUT2D eigenvalue weighted by Crippen LogP contribution is -1.99. The molecule has 0 amide bonds. The Kier molecular flexibility index (Phi) is 7.12. The normalized spacial score (nSPS) is 12.8. The molecule has 0 unspecified atom stereocenters. The van der Waals surface area contributed by atoms with E-state index >= 15 is 0 Å². The molecule has 0 aliphatic heterocycles. The van der Waals surface area contributed by atoms with Crippen LogP contribution in [0.5, 0.6) is 5.75 Å². The van der Waals surface area contributed by atoms with E-state index in [1.165, 1.54) is 12.1 Å². The van der Waals surface area contributed by atoms with E-state index in [1.807, 2.05) is 6.92 Å². The van der Waals surface area contributed by atoms with Crippen molar-refractivity contribution in [1.29, 1.82) is 0 Å². The molecule has 2 aromatic carbocycles. The largest absolute Gasteiger partial charge is 0.507 e. The molecule has 0 saturated carbocycles. The van der Waals surface area contributed by atoms with E-state index in [0.717, 1.165) is 22.3 Å². The van der Waals surface area contributed by atoms with Gasteiger partial charge in [0, 0.05) is 25.0 Å². The van der Waals surface area contributed by atoms with Crippen LogP contribution in [0.3, 0.4) is 0 Å². The number of aryl methyl sites for hydroxylation is 2. The molecular formula is C22H25NO5. The third kappa shape index (κ3) is 5.54. The topological polar surface area (TPSA) is 104 Å². The predicted octanol–water partition coefficient (Wildman–Crippen LogP) is 4.57. The maximum Gasteiger partial charge on any atom is 0.269 e. The summed E-state index contributed by atoms with van der Waals surface area (Å²) in [6.45, 7) is 5.41. The van der Waals surface area contributed by atoms with Crippen molar-refractivity contribution in [1.82, 2.24) is 0 Å². The zero-order chi connectivity index (χ0) is 20.8. The van der Waals surface area contributed by atoms with E-state index in [0.29, 0.717) is 18.4 Å². The number of phenols is 1. The van der Waals surface area contributed by atoms with Crippen LogP contribution in [-0.2, 0) is 0 Å². The molecule has 0 aromatic heterocycles. The van der Waals surface area contributed by atoms with Crippen LogP contribution >= 0.6 is 0 Å². The Morgan fingerprint density at radius 1 is 1.11 bits per heavy atom. The average Bonchev–Trinajstić information content (AvgIpc) is 2.65. The maximum atomic E-state index is 10.7. The highest BCUT2D eigenvalue weighted by molar-refractivity contribution is 5.43. The summed E-state index contributed by atoms with van der Waals surface area (Å²) >= 11 is 0. The van der Waals surface area contributed by atoms with Crippen LogP contribution in [0.15, 0.2) is 53.8 Å². The molecule has 0 aliphatic carbocycles. The maximum absolute atomic E-state index is 10.7. The number of rotatable bonds is 7. The van der Waals surface area contributed by atoms with Gasteiger partial charge in [-0.25, -0.2) is 0 Å². The second-order valence-corrected chi connectivity index (χ2v) is 6.95. The van der Waals surface area contributed by atoms with Gasteiger partial charge < -0.3 is 15.3 Å². The quantitative estimate of drug-likeness (QED) is 0.369. The number of phenolic OH excluding ortho intramolecular Hbond substituents is 1. The van der Waals surface area contributed by atoms with Crippen molar-refractivity contribution < 1.29 is 20.2 Å². The molecule has 2 aromatic rings. The summed E-state index contributed by atoms with van der Waals surface area (Å²) in [5.41, 5.74) is 6.62. The van der Waals surface area contributed by atoms with Crippen LogP contribution in [0, 0.1) is 24.0 Å². The molecule has 0 heterocycles. The van der Waals surface area contributed by atoms with Gasteiger partial charge in [-0.15, -0.1) is 5.73 Å². The highest BCUT2D eigenvalue weighted by Gasteiger charge is 2.12. The van der Waals surface area contributed by atoms with Crippen LogP contribution in [-0.4, -0.2) is 20.2 Å². The van der Waals surface area contributed by atoms with Gasteiger partial charge in [-0.1, -0.05) is 0 Å². The van der Waals surface area contributed by atoms with Crippen molar-refractivity contribution in [2.75, 3.05) is 0 Å². The minimum Gasteiger partial charge on any atom is -0.507 e. The summed E-state index contributed by atoms with van der Waals surface area (Å²) in [6.07, 6.45) is 0.920. The Morgan fingerprint density at radius 3 is 2.21 bits per heavy atom. The van der Waals surface area contributed by atoms with Crippen LogP contribution < -0.4 is 0 Å². The van der Waals surface area contributed by atoms with Gasteiger partial charge in [0.1, 0.15) is 5.75 Å². The van der Waals surface area contributed by atoms with Gasteiger partial charge in [-0.3, -0.25) is 10.1 Å². The van der Waals surface area contributed by atoms with E-state index in [2.05, 4.69) is 5.73 Å². The molecular weight excluding hydrogens is 358 g/mol. The third-order valence-corrected chi connectivity index (χ3v) is 4.58. The molecule has 2 atom stereocenters. The van der Waals surface area contributed by atoms with Crippen molar-refractivity contribution in [2.24, 2.45) is 0 Å². The fourth-order valence-electron chi connectivity index (χ4n) is 2.95. The molecule has 0 radical (unpaired) electrons. The Balaban J connectivity index is 2.00. The first-order valence-electron chi connectivity index (χ1n) is 9.00. The molecule has 0 bridgehead atoms. The number of aliphatic hydroxyl groups is 2. The number of nitro benzene ring substituents is 1. The van der Waals surface area contributed by atoms with E-state index in [1.54, 1.807) is 44.2 Å². The fraction of sp³-hybridized carbons (Fsp3) is 0.318. The smallest absolute Gasteiger partial charge is 0.269 e. The monoisotopic (exact) mass is 383 g/mol. The summed E-state index contributed by atoms with van der Waals surface area (Å²) in [6, 6.07) is 9.33. The van der Waals surface area contributed by atoms with Gasteiger partial charge >= 0.3 is 0 Å². The molecule has 28 heavy (non-hydrogen) atoms. The lowest BCUT2D eigenvalue weighted by Gasteiger charge is -2.12. The van der Waals surface area contributed by atoms with Crippen LogP contribution in [0.2, 0.25) is 0 Å². The molecule has 0 saturated heterocycles. The number of nitro groups is 1. The van der Waals surface area contributed by atoms with E-state index in [-0.39, 0.29) is 11.4 Å². The molecule has 148 valence electrons. The van der Waals surface area contributed by atoms with Crippen LogP contribution in [0.4, 0.5) is 5.69 Å². The summed E-state index contributed by atoms with van der Waals surface area (Å²) in [5.74, 6) is 0.238. The Labute approximate surface area is 164 Å². The summed E-state index contributed by atoms with van der Waals surface area (Å²) in [5, 5.41) is 41.1. The van der Waals surface area contributed by atoms with Crippen molar-refractivity contribution in [3.8, 4) is 5.75 Å². The summed E-state index contributed by atoms with van der Waals surface area (Å²) in [4.78, 5) is 10.2. The first kappa shape index (κ1) is 21.4. The lowest BCUT2D eigenvalue weighted by molar-refractivity contribution is -0.384. The minimum absolute atomic E-state index is 0.0169. The zero-order valence-corrected chi connectivity index (χ0v) is 16.2. The van der Waals surface area contributed by atoms with Gasteiger partial charge in [0.2, 0.25) is 0 Å². The van der Waals surface area contributed by atoms with Gasteiger partial charge in [0.15, 0.2) is 0 Å². The van der Waals surface area contributed by atoms with E-state index in [4.69, 9.17) is 0 Å². The highest BCUT2D eigenvalue weighted by atomic mass is 16.6. The van der Waals surface area contributed by atoms with E-state index < -0.39 is 17.1 Å². The van der Waals surface area contributed by atoms with E-state index in [9.17, 15) is 25.4 Å². The zero-order valence-electron chi connectivity index (χ0n) is 16.2. The first-order valence-corrected chi connectivity index (χ1v) is 9.00. The molecule has 0 spiro atoms. The van der Waals surface area contributed by atoms with Crippen LogP contribution in [0.1, 0.15) is 54.2 Å². The highest BCUT2D eigenvalue weighted by Crippen LogP contribution is 2.28. The molecule has 0 fully saturated rings. The number of benzene rings is 2. The molecule has 0 aliphatic rings. The molecule has 6 heteroatoms. The second-order valence-electron chi connectivity index (χ2n) is 6.95. The third-order valence-electron chi connectivity index (χ3n) is 4.58. The minimum atomic E-state index is -0.783. The number of aromatic hydroxyl groups is 1. The van der Waals surface area contributed by atoms with Gasteiger partial charge in [-0.2, -0.15) is 0 Å². The predicted molar refractivity (Wildman–Crippen MR) is 107 cm³/mol. The summed E-state index contributed by atoms with van der Waals surface area (Å²) in [7, 11) is 0. The number of aliphatic hydroxyl groups excluding tert-OH is 2. The molecule has 2 rings (SSSR count). The van der Waals surface area contributed by atoms with Gasteiger partial charge in [0.25, 0.3) is 5.69 Å². The van der Waals surface area contributed by atoms with Gasteiger partial charge in [-0.05, 0) is 78.9 Å². The number of hydrogen-bond acceptors (Lipinski definition) is 5. The van der Waals surface area contributed by atoms with Crippen molar-refractivity contribution >= 4 is 5.69 Å². The Bertz CT molecular complexity index is 888. The standard InChI is InChI=1S/C22H25NO5/c1-14(11-21(25)17-7-9-19(10-8-17)23(27)28)5-4-6-20(24)18-12-15(2)22(26)16(3)13-18/h4,7-10,12-13,20-21,24-26H,6,11H2,1-3H3/t5?,20-,21-/m1/s1. The van der Waals surface area contributed by atoms with Crippen molar-refractivity contribution in [2.45, 2.75) is 45.8 Å². The van der Waals surface area contributed by atoms with Crippen molar-refractivity contribution in [3.05, 3.63) is 86.1 Å². The van der Waals surface area contributed by atoms with Crippen LogP contribution in [0.25, 0.3) is 0 Å². The summed E-state index contributed by atoms with van der Waals surface area (Å²) < 4.78 is 0. The molecule has 3 N–H and O–H groups in total. The van der Waals surface area contributed by atoms with Crippen molar-refractivity contribution in [3.63, 3.8) is 0 Å².